The standard InChI is InChI=1S/C16H15ClO2/c17-13-4-3-5-14(10-13)19-11-12-8-9-18-16-7-2-1-6-15(12)16/h1-7,10,12H,8-9,11H2. The maximum Gasteiger partial charge on any atom is 0.122 e. The Kier molecular flexibility index (Phi) is 3.60. The average molecular weight is 275 g/mol. The summed E-state index contributed by atoms with van der Waals surface area (Å²) in [7, 11) is 0. The van der Waals surface area contributed by atoms with E-state index in [2.05, 4.69) is 6.07 Å². The van der Waals surface area contributed by atoms with E-state index >= 15 is 0 Å². The predicted octanol–water partition coefficient (Wildman–Crippen LogP) is 4.29. The van der Waals surface area contributed by atoms with Gasteiger partial charge in [-0.15, -0.1) is 0 Å². The van der Waals surface area contributed by atoms with Crippen LogP contribution in [0, 0.1) is 0 Å². The molecule has 2 aromatic rings. The Morgan fingerprint density at radius 2 is 2.05 bits per heavy atom. The summed E-state index contributed by atoms with van der Waals surface area (Å²) in [6, 6.07) is 15.7. The fourth-order valence-electron chi connectivity index (χ4n) is 2.34. The van der Waals surface area contributed by atoms with Gasteiger partial charge in [-0.05, 0) is 30.7 Å². The molecule has 0 bridgehead atoms. The number of fused-ring (bicyclic) bond motifs is 1. The van der Waals surface area contributed by atoms with Crippen molar-refractivity contribution in [3.8, 4) is 11.5 Å². The number of halogens is 1. The van der Waals surface area contributed by atoms with Crippen LogP contribution in [0.5, 0.6) is 11.5 Å². The van der Waals surface area contributed by atoms with E-state index in [9.17, 15) is 0 Å². The van der Waals surface area contributed by atoms with Gasteiger partial charge in [0.2, 0.25) is 0 Å². The van der Waals surface area contributed by atoms with Gasteiger partial charge in [0.1, 0.15) is 11.5 Å². The van der Waals surface area contributed by atoms with Crippen LogP contribution >= 0.6 is 11.6 Å². The van der Waals surface area contributed by atoms with E-state index in [1.54, 1.807) is 0 Å². The van der Waals surface area contributed by atoms with Crippen molar-refractivity contribution in [2.24, 2.45) is 0 Å². The van der Waals surface area contributed by atoms with Crippen molar-refractivity contribution in [2.75, 3.05) is 13.2 Å². The van der Waals surface area contributed by atoms with Crippen molar-refractivity contribution in [2.45, 2.75) is 12.3 Å². The molecule has 0 aromatic heterocycles. The molecule has 3 rings (SSSR count). The number of ether oxygens (including phenoxy) is 2. The second-order valence-electron chi connectivity index (χ2n) is 4.64. The molecule has 0 aliphatic carbocycles. The molecule has 0 saturated carbocycles. The molecule has 3 heteroatoms. The van der Waals surface area contributed by atoms with Crippen molar-refractivity contribution in [1.82, 2.24) is 0 Å². The molecule has 2 aromatic carbocycles. The van der Waals surface area contributed by atoms with E-state index in [1.807, 2.05) is 42.5 Å². The number of hydrogen-bond acceptors (Lipinski definition) is 2. The molecule has 0 saturated heterocycles. The summed E-state index contributed by atoms with van der Waals surface area (Å²) in [6.07, 6.45) is 0.984. The van der Waals surface area contributed by atoms with E-state index in [4.69, 9.17) is 21.1 Å². The highest BCUT2D eigenvalue weighted by Crippen LogP contribution is 2.33. The Morgan fingerprint density at radius 3 is 2.95 bits per heavy atom. The highest BCUT2D eigenvalue weighted by molar-refractivity contribution is 6.30. The van der Waals surface area contributed by atoms with E-state index in [0.717, 1.165) is 24.5 Å². The van der Waals surface area contributed by atoms with E-state index in [-0.39, 0.29) is 0 Å². The first-order valence-corrected chi connectivity index (χ1v) is 6.81. The zero-order valence-electron chi connectivity index (χ0n) is 10.5. The summed E-state index contributed by atoms with van der Waals surface area (Å²) >= 11 is 5.95. The third kappa shape index (κ3) is 2.85. The largest absolute Gasteiger partial charge is 0.493 e. The van der Waals surface area contributed by atoms with Gasteiger partial charge >= 0.3 is 0 Å². The van der Waals surface area contributed by atoms with Crippen LogP contribution in [0.3, 0.4) is 0 Å². The SMILES string of the molecule is Clc1cccc(OCC2CCOc3ccccc32)c1. The van der Waals surface area contributed by atoms with Crippen molar-refractivity contribution < 1.29 is 9.47 Å². The van der Waals surface area contributed by atoms with Gasteiger partial charge in [0.25, 0.3) is 0 Å². The van der Waals surface area contributed by atoms with Crippen molar-refractivity contribution in [3.63, 3.8) is 0 Å². The molecule has 1 aliphatic rings. The molecule has 98 valence electrons. The van der Waals surface area contributed by atoms with Crippen LogP contribution in [-0.4, -0.2) is 13.2 Å². The fourth-order valence-corrected chi connectivity index (χ4v) is 2.52. The summed E-state index contributed by atoms with van der Waals surface area (Å²) in [5.74, 6) is 2.17. The zero-order valence-corrected chi connectivity index (χ0v) is 11.3. The third-order valence-electron chi connectivity index (χ3n) is 3.33. The monoisotopic (exact) mass is 274 g/mol. The fraction of sp³-hybridized carbons (Fsp3) is 0.250. The average Bonchev–Trinajstić information content (AvgIpc) is 2.45. The van der Waals surface area contributed by atoms with Crippen molar-refractivity contribution >= 4 is 11.6 Å². The lowest BCUT2D eigenvalue weighted by Gasteiger charge is -2.25. The minimum atomic E-state index is 0.379. The topological polar surface area (TPSA) is 18.5 Å². The van der Waals surface area contributed by atoms with Gasteiger partial charge in [-0.3, -0.25) is 0 Å². The molecule has 0 fully saturated rings. The normalized spacial score (nSPS) is 17.4. The van der Waals surface area contributed by atoms with Crippen LogP contribution < -0.4 is 9.47 Å². The number of hydrogen-bond donors (Lipinski definition) is 0. The maximum atomic E-state index is 5.95. The van der Waals surface area contributed by atoms with Crippen molar-refractivity contribution in [1.29, 1.82) is 0 Å². The Morgan fingerprint density at radius 1 is 1.16 bits per heavy atom. The zero-order chi connectivity index (χ0) is 13.1. The molecule has 1 unspecified atom stereocenters. The minimum Gasteiger partial charge on any atom is -0.493 e. The Bertz CT molecular complexity index is 568. The molecule has 0 spiro atoms. The van der Waals surface area contributed by atoms with Gasteiger partial charge in [-0.2, -0.15) is 0 Å². The molecule has 1 heterocycles. The summed E-state index contributed by atoms with van der Waals surface area (Å²) < 4.78 is 11.5. The lowest BCUT2D eigenvalue weighted by molar-refractivity contribution is 0.217. The van der Waals surface area contributed by atoms with Gasteiger partial charge in [-0.25, -0.2) is 0 Å². The van der Waals surface area contributed by atoms with Gasteiger partial charge in [0, 0.05) is 16.5 Å². The second-order valence-corrected chi connectivity index (χ2v) is 5.08. The first-order valence-electron chi connectivity index (χ1n) is 6.43. The molecule has 0 radical (unpaired) electrons. The molecule has 2 nitrogen and oxygen atoms in total. The molecule has 0 amide bonds. The molecule has 1 aliphatic heterocycles. The van der Waals surface area contributed by atoms with Crippen molar-refractivity contribution in [3.05, 3.63) is 59.1 Å². The number of para-hydroxylation sites is 1. The van der Waals surface area contributed by atoms with E-state index in [0.29, 0.717) is 17.5 Å². The van der Waals surface area contributed by atoms with Gasteiger partial charge in [0.05, 0.1) is 13.2 Å². The summed E-state index contributed by atoms with van der Waals surface area (Å²) in [5.41, 5.74) is 1.23. The highest BCUT2D eigenvalue weighted by atomic mass is 35.5. The van der Waals surface area contributed by atoms with Gasteiger partial charge < -0.3 is 9.47 Å². The van der Waals surface area contributed by atoms with Crippen LogP contribution in [0.2, 0.25) is 5.02 Å². The highest BCUT2D eigenvalue weighted by Gasteiger charge is 2.21. The van der Waals surface area contributed by atoms with Crippen LogP contribution in [0.1, 0.15) is 17.9 Å². The smallest absolute Gasteiger partial charge is 0.122 e. The van der Waals surface area contributed by atoms with Crippen LogP contribution in [-0.2, 0) is 0 Å². The minimum absolute atomic E-state index is 0.379. The quantitative estimate of drug-likeness (QED) is 0.831. The first kappa shape index (κ1) is 12.4. The molecule has 19 heavy (non-hydrogen) atoms. The summed E-state index contributed by atoms with van der Waals surface area (Å²) in [6.45, 7) is 1.40. The first-order chi connectivity index (χ1) is 9.33. The Balaban J connectivity index is 1.71. The molecule has 1 atom stereocenters. The van der Waals surface area contributed by atoms with Crippen LogP contribution in [0.15, 0.2) is 48.5 Å². The number of rotatable bonds is 3. The summed E-state index contributed by atoms with van der Waals surface area (Å²) in [4.78, 5) is 0. The number of benzene rings is 2. The van der Waals surface area contributed by atoms with Crippen LogP contribution in [0.4, 0.5) is 0 Å². The molecular formula is C16H15ClO2. The molecular weight excluding hydrogens is 260 g/mol. The van der Waals surface area contributed by atoms with E-state index in [1.165, 1.54) is 5.56 Å². The second kappa shape index (κ2) is 5.54. The van der Waals surface area contributed by atoms with Gasteiger partial charge in [0.15, 0.2) is 0 Å². The lowest BCUT2D eigenvalue weighted by Crippen LogP contribution is -2.19. The van der Waals surface area contributed by atoms with Crippen LogP contribution in [0.25, 0.3) is 0 Å². The maximum absolute atomic E-state index is 5.95. The third-order valence-corrected chi connectivity index (χ3v) is 3.57. The Labute approximate surface area is 117 Å². The predicted molar refractivity (Wildman–Crippen MR) is 76.2 cm³/mol. The Hall–Kier alpha value is -1.67. The van der Waals surface area contributed by atoms with Gasteiger partial charge in [-0.1, -0.05) is 35.9 Å². The lowest BCUT2D eigenvalue weighted by atomic mass is 9.94. The summed E-state index contributed by atoms with van der Waals surface area (Å²) in [5, 5.41) is 0.699. The van der Waals surface area contributed by atoms with E-state index < -0.39 is 0 Å². The molecule has 0 N–H and O–H groups in total.